The maximum absolute atomic E-state index is 12.0. The summed E-state index contributed by atoms with van der Waals surface area (Å²) in [6.45, 7) is 2.00. The highest BCUT2D eigenvalue weighted by atomic mass is 16.5. The number of hydrogen-bond acceptors (Lipinski definition) is 5. The van der Waals surface area contributed by atoms with E-state index in [2.05, 4.69) is 5.32 Å². The van der Waals surface area contributed by atoms with Gasteiger partial charge in [0.05, 0.1) is 26.0 Å². The third kappa shape index (κ3) is 3.28. The summed E-state index contributed by atoms with van der Waals surface area (Å²) in [4.78, 5) is 23.7. The largest absolute Gasteiger partial charge is 0.496 e. The van der Waals surface area contributed by atoms with E-state index in [9.17, 15) is 9.59 Å². The number of benzene rings is 1. The Labute approximate surface area is 128 Å². The molecule has 2 aromatic rings. The van der Waals surface area contributed by atoms with Gasteiger partial charge in [0.25, 0.3) is 5.91 Å². The molecule has 0 aliphatic heterocycles. The van der Waals surface area contributed by atoms with Gasteiger partial charge in [-0.3, -0.25) is 4.79 Å². The minimum atomic E-state index is -0.490. The molecule has 1 amide bonds. The van der Waals surface area contributed by atoms with Crippen LogP contribution < -0.4 is 10.1 Å². The van der Waals surface area contributed by atoms with Crippen molar-refractivity contribution in [2.24, 2.45) is 0 Å². The van der Waals surface area contributed by atoms with Crippen molar-refractivity contribution in [2.75, 3.05) is 14.2 Å². The molecule has 0 spiro atoms. The Balaban J connectivity index is 2.12. The first-order valence-corrected chi connectivity index (χ1v) is 6.64. The van der Waals surface area contributed by atoms with E-state index in [1.165, 1.54) is 20.5 Å². The number of hydrogen-bond donors (Lipinski definition) is 1. The van der Waals surface area contributed by atoms with Crippen molar-refractivity contribution >= 4 is 11.9 Å². The van der Waals surface area contributed by atoms with Crippen molar-refractivity contribution in [3.05, 3.63) is 53.0 Å². The molecule has 0 bridgehead atoms. The van der Waals surface area contributed by atoms with Crippen LogP contribution in [-0.4, -0.2) is 26.1 Å². The molecule has 116 valence electrons. The van der Waals surface area contributed by atoms with E-state index < -0.39 is 5.97 Å². The lowest BCUT2D eigenvalue weighted by molar-refractivity contribution is 0.0597. The summed E-state index contributed by atoms with van der Waals surface area (Å²) < 4.78 is 14.9. The maximum Gasteiger partial charge on any atom is 0.341 e. The Morgan fingerprint density at radius 2 is 1.95 bits per heavy atom. The molecule has 2 rings (SSSR count). The lowest BCUT2D eigenvalue weighted by Crippen LogP contribution is -2.23. The van der Waals surface area contributed by atoms with E-state index in [0.717, 1.165) is 5.56 Å². The van der Waals surface area contributed by atoms with Crippen LogP contribution in [0.1, 0.15) is 32.0 Å². The Hall–Kier alpha value is -2.76. The van der Waals surface area contributed by atoms with E-state index in [0.29, 0.717) is 22.6 Å². The number of ether oxygens (including phenoxy) is 2. The van der Waals surface area contributed by atoms with Crippen molar-refractivity contribution in [3.63, 3.8) is 0 Å². The molecule has 22 heavy (non-hydrogen) atoms. The lowest BCUT2D eigenvalue weighted by Gasteiger charge is -2.10. The van der Waals surface area contributed by atoms with Crippen LogP contribution in [0.2, 0.25) is 0 Å². The summed E-state index contributed by atoms with van der Waals surface area (Å²) in [6.07, 6.45) is 1.47. The molecule has 1 heterocycles. The molecular weight excluding hydrogens is 286 g/mol. The zero-order chi connectivity index (χ0) is 16.1. The topological polar surface area (TPSA) is 77.8 Å². The number of carbonyl (C=O) groups excluding carboxylic acids is 2. The van der Waals surface area contributed by atoms with Gasteiger partial charge < -0.3 is 19.2 Å². The Kier molecular flexibility index (Phi) is 4.83. The van der Waals surface area contributed by atoms with Crippen molar-refractivity contribution < 1.29 is 23.5 Å². The molecule has 0 fully saturated rings. The van der Waals surface area contributed by atoms with Crippen LogP contribution in [0.5, 0.6) is 5.75 Å². The van der Waals surface area contributed by atoms with E-state index in [4.69, 9.17) is 13.9 Å². The SMILES string of the molecule is COC(=O)c1cc(CNC(=O)c2ccoc2C)ccc1OC. The summed E-state index contributed by atoms with van der Waals surface area (Å²) in [5.74, 6) is 0.257. The number of furan rings is 1. The molecule has 0 radical (unpaired) electrons. The molecule has 6 heteroatoms. The average Bonchev–Trinajstić information content (AvgIpc) is 2.97. The van der Waals surface area contributed by atoms with Gasteiger partial charge in [0.15, 0.2) is 0 Å². The van der Waals surface area contributed by atoms with E-state index in [1.807, 2.05) is 0 Å². The average molecular weight is 303 g/mol. The van der Waals surface area contributed by atoms with Gasteiger partial charge in [-0.2, -0.15) is 0 Å². The fourth-order valence-electron chi connectivity index (χ4n) is 2.03. The third-order valence-corrected chi connectivity index (χ3v) is 3.23. The first-order valence-electron chi connectivity index (χ1n) is 6.64. The normalized spacial score (nSPS) is 10.1. The second-order valence-corrected chi connectivity index (χ2v) is 4.60. The fourth-order valence-corrected chi connectivity index (χ4v) is 2.03. The first-order chi connectivity index (χ1) is 10.6. The van der Waals surface area contributed by atoms with E-state index in [-0.39, 0.29) is 12.5 Å². The minimum Gasteiger partial charge on any atom is -0.496 e. The standard InChI is InChI=1S/C16H17NO5/c1-10-12(6-7-22-10)15(18)17-9-11-4-5-14(20-2)13(8-11)16(19)21-3/h4-8H,9H2,1-3H3,(H,17,18). The van der Waals surface area contributed by atoms with Gasteiger partial charge in [-0.15, -0.1) is 0 Å². The predicted molar refractivity (Wildman–Crippen MR) is 78.9 cm³/mol. The highest BCUT2D eigenvalue weighted by Gasteiger charge is 2.15. The van der Waals surface area contributed by atoms with Gasteiger partial charge in [0.2, 0.25) is 0 Å². The molecule has 1 N–H and O–H groups in total. The molecule has 0 aliphatic rings. The van der Waals surface area contributed by atoms with Crippen molar-refractivity contribution in [2.45, 2.75) is 13.5 Å². The first kappa shape index (κ1) is 15.6. The second-order valence-electron chi connectivity index (χ2n) is 4.60. The van der Waals surface area contributed by atoms with Crippen molar-refractivity contribution in [3.8, 4) is 5.75 Å². The summed E-state index contributed by atoms with van der Waals surface area (Å²) >= 11 is 0. The van der Waals surface area contributed by atoms with Crippen LogP contribution in [0, 0.1) is 6.92 Å². The number of carbonyl (C=O) groups is 2. The highest BCUT2D eigenvalue weighted by molar-refractivity contribution is 5.95. The molecule has 1 aromatic carbocycles. The van der Waals surface area contributed by atoms with E-state index >= 15 is 0 Å². The monoisotopic (exact) mass is 303 g/mol. The molecular formula is C16H17NO5. The maximum atomic E-state index is 12.0. The molecule has 6 nitrogen and oxygen atoms in total. The molecule has 1 aromatic heterocycles. The van der Waals surface area contributed by atoms with Gasteiger partial charge in [-0.1, -0.05) is 6.07 Å². The van der Waals surface area contributed by atoms with Crippen molar-refractivity contribution in [1.29, 1.82) is 0 Å². The van der Waals surface area contributed by atoms with Gasteiger partial charge >= 0.3 is 5.97 Å². The third-order valence-electron chi connectivity index (χ3n) is 3.23. The highest BCUT2D eigenvalue weighted by Crippen LogP contribution is 2.21. The van der Waals surface area contributed by atoms with Crippen LogP contribution >= 0.6 is 0 Å². The number of esters is 1. The second kappa shape index (κ2) is 6.80. The lowest BCUT2D eigenvalue weighted by atomic mass is 10.1. The fraction of sp³-hybridized carbons (Fsp3) is 0.250. The van der Waals surface area contributed by atoms with Crippen LogP contribution in [0.4, 0.5) is 0 Å². The molecule has 0 saturated heterocycles. The summed E-state index contributed by atoms with van der Waals surface area (Å²) in [6, 6.07) is 6.68. The number of nitrogens with one attached hydrogen (secondary N) is 1. The predicted octanol–water partition coefficient (Wildman–Crippen LogP) is 2.31. The van der Waals surface area contributed by atoms with Gasteiger partial charge in [0, 0.05) is 6.54 Å². The van der Waals surface area contributed by atoms with Crippen LogP contribution in [0.15, 0.2) is 34.9 Å². The van der Waals surface area contributed by atoms with Gasteiger partial charge in [-0.05, 0) is 30.7 Å². The van der Waals surface area contributed by atoms with Gasteiger partial charge in [-0.25, -0.2) is 4.79 Å². The minimum absolute atomic E-state index is 0.235. The van der Waals surface area contributed by atoms with Crippen LogP contribution in [-0.2, 0) is 11.3 Å². The number of methoxy groups -OCH3 is 2. The molecule has 0 unspecified atom stereocenters. The van der Waals surface area contributed by atoms with E-state index in [1.54, 1.807) is 31.2 Å². The number of rotatable bonds is 5. The zero-order valence-electron chi connectivity index (χ0n) is 12.6. The summed E-state index contributed by atoms with van der Waals surface area (Å²) in [5.41, 5.74) is 1.56. The Bertz CT molecular complexity index is 690. The summed E-state index contributed by atoms with van der Waals surface area (Å²) in [5, 5.41) is 2.77. The smallest absolute Gasteiger partial charge is 0.341 e. The van der Waals surface area contributed by atoms with Crippen molar-refractivity contribution in [1.82, 2.24) is 5.32 Å². The van der Waals surface area contributed by atoms with Gasteiger partial charge in [0.1, 0.15) is 17.1 Å². The van der Waals surface area contributed by atoms with Crippen LogP contribution in [0.25, 0.3) is 0 Å². The summed E-state index contributed by atoms with van der Waals surface area (Å²) in [7, 11) is 2.78. The number of aryl methyl sites for hydroxylation is 1. The molecule has 0 saturated carbocycles. The Morgan fingerprint density at radius 3 is 2.55 bits per heavy atom. The quantitative estimate of drug-likeness (QED) is 0.858. The Morgan fingerprint density at radius 1 is 1.18 bits per heavy atom. The number of amides is 1. The van der Waals surface area contributed by atoms with Crippen LogP contribution in [0.3, 0.4) is 0 Å². The molecule has 0 atom stereocenters. The zero-order valence-corrected chi connectivity index (χ0v) is 12.6. The molecule has 0 aliphatic carbocycles.